The Bertz CT molecular complexity index is 736. The van der Waals surface area contributed by atoms with Gasteiger partial charge in [-0.3, -0.25) is 14.7 Å². The summed E-state index contributed by atoms with van der Waals surface area (Å²) in [4.78, 5) is 31.7. The smallest absolute Gasteiger partial charge is 0.325 e. The Hall–Kier alpha value is -3.09. The molecule has 1 aliphatic heterocycles. The summed E-state index contributed by atoms with van der Waals surface area (Å²) in [6, 6.07) is 10.6. The third kappa shape index (κ3) is 3.29. The Morgan fingerprint density at radius 3 is 2.83 bits per heavy atom. The summed E-state index contributed by atoms with van der Waals surface area (Å²) >= 11 is 0. The maximum Gasteiger partial charge on any atom is 0.325 e. The molecule has 0 atom stereocenters. The van der Waals surface area contributed by atoms with Crippen LogP contribution in [0.2, 0.25) is 0 Å². The number of hydrogen-bond donors (Lipinski definition) is 1. The normalized spacial score (nSPS) is 14.0. The van der Waals surface area contributed by atoms with Gasteiger partial charge < -0.3 is 15.0 Å². The molecule has 3 amide bonds. The Morgan fingerprint density at radius 2 is 2.08 bits per heavy atom. The highest BCUT2D eigenvalue weighted by atomic mass is 16.5. The quantitative estimate of drug-likeness (QED) is 0.911. The van der Waals surface area contributed by atoms with E-state index in [9.17, 15) is 9.59 Å². The Labute approximate surface area is 139 Å². The molecular formula is C17H18N4O3. The van der Waals surface area contributed by atoms with E-state index in [-0.39, 0.29) is 18.5 Å². The number of benzene rings is 1. The fourth-order valence-corrected chi connectivity index (χ4v) is 2.62. The zero-order valence-electron chi connectivity index (χ0n) is 13.3. The fraction of sp³-hybridized carbons (Fsp3) is 0.235. The van der Waals surface area contributed by atoms with Crippen molar-refractivity contribution in [2.75, 3.05) is 37.0 Å². The standard InChI is InChI=1S/C17H18N4O3/c1-24-15-7-3-2-6-14(15)21-10-9-20(17(21)23)12-16(22)19-13-5-4-8-18-11-13/h2-8,11H,9-10,12H2,1H3,(H,19,22). The summed E-state index contributed by atoms with van der Waals surface area (Å²) in [5.41, 5.74) is 1.32. The summed E-state index contributed by atoms with van der Waals surface area (Å²) in [7, 11) is 1.57. The number of carbonyl (C=O) groups excluding carboxylic acids is 2. The number of carbonyl (C=O) groups is 2. The van der Waals surface area contributed by atoms with Crippen molar-refractivity contribution in [3.05, 3.63) is 48.8 Å². The van der Waals surface area contributed by atoms with Crippen LogP contribution >= 0.6 is 0 Å². The summed E-state index contributed by atoms with van der Waals surface area (Å²) in [6.07, 6.45) is 3.19. The number of anilines is 2. The van der Waals surface area contributed by atoms with Crippen LogP contribution in [0.25, 0.3) is 0 Å². The average Bonchev–Trinajstić information content (AvgIpc) is 2.96. The van der Waals surface area contributed by atoms with Crippen LogP contribution in [0.15, 0.2) is 48.8 Å². The maximum absolute atomic E-state index is 12.6. The molecule has 1 aliphatic rings. The zero-order chi connectivity index (χ0) is 16.9. The molecule has 1 aromatic carbocycles. The molecule has 2 aromatic rings. The van der Waals surface area contributed by atoms with E-state index < -0.39 is 0 Å². The van der Waals surface area contributed by atoms with Gasteiger partial charge in [0.25, 0.3) is 0 Å². The lowest BCUT2D eigenvalue weighted by Crippen LogP contribution is -2.37. The molecule has 1 N–H and O–H groups in total. The molecule has 2 heterocycles. The van der Waals surface area contributed by atoms with Gasteiger partial charge in [-0.15, -0.1) is 0 Å². The van der Waals surface area contributed by atoms with Crippen molar-refractivity contribution < 1.29 is 14.3 Å². The molecule has 0 radical (unpaired) electrons. The second kappa shape index (κ2) is 6.99. The molecule has 24 heavy (non-hydrogen) atoms. The molecule has 0 aliphatic carbocycles. The molecule has 0 unspecified atom stereocenters. The van der Waals surface area contributed by atoms with Gasteiger partial charge in [0.1, 0.15) is 12.3 Å². The number of nitrogens with one attached hydrogen (secondary N) is 1. The zero-order valence-corrected chi connectivity index (χ0v) is 13.3. The minimum atomic E-state index is -0.252. The molecule has 0 saturated carbocycles. The molecular weight excluding hydrogens is 308 g/mol. The first-order valence-corrected chi connectivity index (χ1v) is 7.58. The lowest BCUT2D eigenvalue weighted by atomic mass is 10.2. The third-order valence-corrected chi connectivity index (χ3v) is 3.75. The van der Waals surface area contributed by atoms with Crippen LogP contribution in [0, 0.1) is 0 Å². The lowest BCUT2D eigenvalue weighted by Gasteiger charge is -2.20. The number of aromatic nitrogens is 1. The van der Waals surface area contributed by atoms with Crippen molar-refractivity contribution in [1.82, 2.24) is 9.88 Å². The summed E-state index contributed by atoms with van der Waals surface area (Å²) in [5.74, 6) is 0.380. The topological polar surface area (TPSA) is 74.8 Å². The number of amides is 3. The number of pyridine rings is 1. The van der Waals surface area contributed by atoms with Gasteiger partial charge in [-0.25, -0.2) is 4.79 Å². The monoisotopic (exact) mass is 326 g/mol. The molecule has 0 spiro atoms. The van der Waals surface area contributed by atoms with Crippen LogP contribution in [-0.2, 0) is 4.79 Å². The van der Waals surface area contributed by atoms with Crippen molar-refractivity contribution in [2.45, 2.75) is 0 Å². The highest BCUT2D eigenvalue weighted by Gasteiger charge is 2.32. The third-order valence-electron chi connectivity index (χ3n) is 3.75. The second-order valence-electron chi connectivity index (χ2n) is 5.32. The molecule has 1 aromatic heterocycles. The van der Waals surface area contributed by atoms with E-state index in [4.69, 9.17) is 4.74 Å². The highest BCUT2D eigenvalue weighted by molar-refractivity contribution is 6.00. The number of methoxy groups -OCH3 is 1. The average molecular weight is 326 g/mol. The van der Waals surface area contributed by atoms with Crippen LogP contribution < -0.4 is 15.0 Å². The molecule has 1 saturated heterocycles. The van der Waals surface area contributed by atoms with Crippen LogP contribution in [-0.4, -0.2) is 48.6 Å². The van der Waals surface area contributed by atoms with Gasteiger partial charge in [0.15, 0.2) is 0 Å². The van der Waals surface area contributed by atoms with Gasteiger partial charge >= 0.3 is 6.03 Å². The first-order valence-electron chi connectivity index (χ1n) is 7.58. The molecule has 3 rings (SSSR count). The summed E-state index contributed by atoms with van der Waals surface area (Å²) in [6.45, 7) is 0.996. The number of hydrogen-bond acceptors (Lipinski definition) is 4. The maximum atomic E-state index is 12.6. The lowest BCUT2D eigenvalue weighted by molar-refractivity contribution is -0.116. The van der Waals surface area contributed by atoms with Crippen molar-refractivity contribution in [3.8, 4) is 5.75 Å². The van der Waals surface area contributed by atoms with Crippen molar-refractivity contribution in [1.29, 1.82) is 0 Å². The van der Waals surface area contributed by atoms with E-state index in [1.807, 2.05) is 18.2 Å². The number of rotatable bonds is 5. The number of urea groups is 1. The van der Waals surface area contributed by atoms with E-state index >= 15 is 0 Å². The van der Waals surface area contributed by atoms with Gasteiger partial charge in [0.05, 0.1) is 24.7 Å². The van der Waals surface area contributed by atoms with Gasteiger partial charge in [0, 0.05) is 19.3 Å². The van der Waals surface area contributed by atoms with Crippen molar-refractivity contribution in [3.63, 3.8) is 0 Å². The summed E-state index contributed by atoms with van der Waals surface area (Å²) < 4.78 is 5.30. The number of para-hydroxylation sites is 2. The van der Waals surface area contributed by atoms with E-state index in [0.717, 1.165) is 0 Å². The van der Waals surface area contributed by atoms with Crippen molar-refractivity contribution >= 4 is 23.3 Å². The van der Waals surface area contributed by atoms with E-state index in [0.29, 0.717) is 30.2 Å². The Kier molecular flexibility index (Phi) is 4.60. The minimum Gasteiger partial charge on any atom is -0.495 e. The van der Waals surface area contributed by atoms with Gasteiger partial charge in [-0.05, 0) is 24.3 Å². The number of ether oxygens (including phenoxy) is 1. The largest absolute Gasteiger partial charge is 0.495 e. The van der Waals surface area contributed by atoms with Crippen LogP contribution in [0.4, 0.5) is 16.2 Å². The Morgan fingerprint density at radius 1 is 1.25 bits per heavy atom. The summed E-state index contributed by atoms with van der Waals surface area (Å²) in [5, 5.41) is 2.73. The van der Waals surface area contributed by atoms with Crippen LogP contribution in [0.5, 0.6) is 5.75 Å². The second-order valence-corrected chi connectivity index (χ2v) is 5.32. The van der Waals surface area contributed by atoms with Crippen LogP contribution in [0.1, 0.15) is 0 Å². The fourth-order valence-electron chi connectivity index (χ4n) is 2.62. The highest BCUT2D eigenvalue weighted by Crippen LogP contribution is 2.30. The molecule has 1 fully saturated rings. The van der Waals surface area contributed by atoms with E-state index in [1.54, 1.807) is 42.6 Å². The number of nitrogens with zero attached hydrogens (tertiary/aromatic N) is 3. The molecule has 0 bridgehead atoms. The molecule has 124 valence electrons. The van der Waals surface area contributed by atoms with Gasteiger partial charge in [-0.2, -0.15) is 0 Å². The predicted molar refractivity (Wildman–Crippen MR) is 90.2 cm³/mol. The minimum absolute atomic E-state index is 0.000618. The van der Waals surface area contributed by atoms with Crippen molar-refractivity contribution in [2.24, 2.45) is 0 Å². The SMILES string of the molecule is COc1ccccc1N1CCN(CC(=O)Nc2cccnc2)C1=O. The molecule has 7 nitrogen and oxygen atoms in total. The van der Waals surface area contributed by atoms with Crippen LogP contribution in [0.3, 0.4) is 0 Å². The molecule has 7 heteroatoms. The first-order chi connectivity index (χ1) is 11.7. The van der Waals surface area contributed by atoms with Gasteiger partial charge in [-0.1, -0.05) is 12.1 Å². The van der Waals surface area contributed by atoms with E-state index in [1.165, 1.54) is 4.90 Å². The Balaban J connectivity index is 1.65. The van der Waals surface area contributed by atoms with Gasteiger partial charge in [0.2, 0.25) is 5.91 Å². The predicted octanol–water partition coefficient (Wildman–Crippen LogP) is 1.97. The first kappa shape index (κ1) is 15.8. The van der Waals surface area contributed by atoms with E-state index in [2.05, 4.69) is 10.3 Å².